The molecule has 1 saturated carbocycles. The number of fused-ring (bicyclic) bond motifs is 2. The molecule has 2 unspecified atom stereocenters. The Bertz CT molecular complexity index is 154. The molecule has 0 aromatic carbocycles. The van der Waals surface area contributed by atoms with Crippen molar-refractivity contribution in [2.45, 2.75) is 12.8 Å². The normalized spacial score (nSPS) is 40.4. The molecule has 9 heavy (non-hydrogen) atoms. The van der Waals surface area contributed by atoms with Crippen LogP contribution in [0.5, 0.6) is 0 Å². The lowest BCUT2D eigenvalue weighted by atomic mass is 10.1. The smallest absolute Gasteiger partial charge is 0.134 e. The summed E-state index contributed by atoms with van der Waals surface area (Å²) < 4.78 is 0. The Morgan fingerprint density at radius 3 is 1.78 bits per heavy atom. The van der Waals surface area contributed by atoms with Gasteiger partial charge in [-0.25, -0.2) is 0 Å². The quantitative estimate of drug-likeness (QED) is 0.513. The maximum Gasteiger partial charge on any atom is 0.134 e. The van der Waals surface area contributed by atoms with Gasteiger partial charge in [0, 0.05) is 18.3 Å². The van der Waals surface area contributed by atoms with Crippen molar-refractivity contribution in [3.63, 3.8) is 0 Å². The topological polar surface area (TPSA) is 40.5 Å². The van der Waals surface area contributed by atoms with Crippen LogP contribution in [0.3, 0.4) is 0 Å². The summed E-state index contributed by atoms with van der Waals surface area (Å²) in [6.07, 6.45) is 4.97. The minimum Gasteiger partial charge on any atom is -0.508 e. The van der Waals surface area contributed by atoms with E-state index < -0.39 is 0 Å². The third kappa shape index (κ3) is 0.506. The van der Waals surface area contributed by atoms with Crippen molar-refractivity contribution >= 4 is 0 Å². The van der Waals surface area contributed by atoms with E-state index in [0.29, 0.717) is 0 Å². The van der Waals surface area contributed by atoms with E-state index in [9.17, 15) is 0 Å². The Morgan fingerprint density at radius 1 is 1.11 bits per heavy atom. The maximum absolute atomic E-state index is 9.06. The zero-order valence-electron chi connectivity index (χ0n) is 4.96. The molecule has 2 atom stereocenters. The Morgan fingerprint density at radius 2 is 1.56 bits per heavy atom. The first-order chi connectivity index (χ1) is 4.29. The summed E-state index contributed by atoms with van der Waals surface area (Å²) in [4.78, 5) is 0. The summed E-state index contributed by atoms with van der Waals surface area (Å²) in [5.41, 5.74) is 0. The van der Waals surface area contributed by atoms with E-state index in [0.717, 1.165) is 12.8 Å². The van der Waals surface area contributed by atoms with Crippen molar-refractivity contribution in [1.82, 2.24) is 0 Å². The van der Waals surface area contributed by atoms with Gasteiger partial charge >= 0.3 is 0 Å². The van der Waals surface area contributed by atoms with Crippen LogP contribution in [0.15, 0.2) is 11.5 Å². The molecule has 0 aromatic rings. The molecule has 0 aromatic heterocycles. The molecule has 2 heteroatoms. The molecule has 0 heterocycles. The second kappa shape index (κ2) is 1.43. The van der Waals surface area contributed by atoms with Gasteiger partial charge in [0.05, 0.1) is 0 Å². The molecule has 0 saturated heterocycles. The standard InChI is InChI=1S/C7H8O2/c8-6-4-1-2-5(3-4)7(6)9/h4-5,8-9H,1-2H2. The SMILES string of the molecule is OC1=C(O)C2[C]C1CC2. The van der Waals surface area contributed by atoms with Gasteiger partial charge in [0.25, 0.3) is 0 Å². The summed E-state index contributed by atoms with van der Waals surface area (Å²) >= 11 is 0. The van der Waals surface area contributed by atoms with Gasteiger partial charge in [0.2, 0.25) is 0 Å². The highest BCUT2D eigenvalue weighted by Crippen LogP contribution is 2.45. The average molecular weight is 124 g/mol. The predicted molar refractivity (Wildman–Crippen MR) is 31.7 cm³/mol. The average Bonchev–Trinajstić information content (AvgIpc) is 2.37. The first kappa shape index (κ1) is 5.15. The highest BCUT2D eigenvalue weighted by atomic mass is 16.3. The Labute approximate surface area is 53.8 Å². The van der Waals surface area contributed by atoms with Crippen molar-refractivity contribution < 1.29 is 10.2 Å². The minimum absolute atomic E-state index is 0.0509. The maximum atomic E-state index is 9.06. The van der Waals surface area contributed by atoms with Gasteiger partial charge in [0.15, 0.2) is 0 Å². The molecule has 2 nitrogen and oxygen atoms in total. The summed E-state index contributed by atoms with van der Waals surface area (Å²) in [6, 6.07) is 0. The van der Waals surface area contributed by atoms with Crippen molar-refractivity contribution in [2.75, 3.05) is 0 Å². The van der Waals surface area contributed by atoms with Gasteiger partial charge in [-0.2, -0.15) is 0 Å². The number of aliphatic hydroxyl groups excluding tert-OH is 2. The van der Waals surface area contributed by atoms with Gasteiger partial charge in [-0.15, -0.1) is 0 Å². The fraction of sp³-hybridized carbons (Fsp3) is 0.571. The van der Waals surface area contributed by atoms with Crippen LogP contribution >= 0.6 is 0 Å². The molecule has 0 aliphatic heterocycles. The zero-order chi connectivity index (χ0) is 6.43. The van der Waals surface area contributed by atoms with Crippen molar-refractivity contribution in [1.29, 1.82) is 0 Å². The first-order valence-electron chi connectivity index (χ1n) is 3.17. The molecule has 2 rings (SSSR count). The van der Waals surface area contributed by atoms with E-state index in [1.54, 1.807) is 0 Å². The Kier molecular flexibility index (Phi) is 0.821. The molecule has 2 aliphatic rings. The summed E-state index contributed by atoms with van der Waals surface area (Å²) in [5, 5.41) is 18.1. The fourth-order valence-corrected chi connectivity index (χ4v) is 1.53. The van der Waals surface area contributed by atoms with E-state index in [1.807, 2.05) is 0 Å². The van der Waals surface area contributed by atoms with Crippen LogP contribution in [0.25, 0.3) is 0 Å². The molecule has 0 spiro atoms. The molecule has 2 aliphatic carbocycles. The molecular weight excluding hydrogens is 116 g/mol. The second-order valence-electron chi connectivity index (χ2n) is 2.62. The largest absolute Gasteiger partial charge is 0.508 e. The highest BCUT2D eigenvalue weighted by Gasteiger charge is 2.40. The van der Waals surface area contributed by atoms with E-state index in [1.165, 1.54) is 0 Å². The highest BCUT2D eigenvalue weighted by molar-refractivity contribution is 5.25. The molecule has 2 N–H and O–H groups in total. The van der Waals surface area contributed by atoms with Crippen LogP contribution < -0.4 is 0 Å². The minimum atomic E-state index is 0.0509. The number of rotatable bonds is 0. The molecule has 48 valence electrons. The van der Waals surface area contributed by atoms with Gasteiger partial charge in [0.1, 0.15) is 11.5 Å². The lowest BCUT2D eigenvalue weighted by Gasteiger charge is -2.08. The Balaban J connectivity index is 2.36. The summed E-state index contributed by atoms with van der Waals surface area (Å²) in [6.45, 7) is 0. The first-order valence-corrected chi connectivity index (χ1v) is 3.17. The van der Waals surface area contributed by atoms with Gasteiger partial charge in [-0.3, -0.25) is 0 Å². The van der Waals surface area contributed by atoms with E-state index in [2.05, 4.69) is 6.42 Å². The third-order valence-corrected chi connectivity index (χ3v) is 2.07. The van der Waals surface area contributed by atoms with Gasteiger partial charge in [-0.05, 0) is 12.8 Å². The van der Waals surface area contributed by atoms with Gasteiger partial charge < -0.3 is 10.2 Å². The predicted octanol–water partition coefficient (Wildman–Crippen LogP) is 1.44. The van der Waals surface area contributed by atoms with Crippen LogP contribution in [0, 0.1) is 18.3 Å². The zero-order valence-corrected chi connectivity index (χ0v) is 4.96. The van der Waals surface area contributed by atoms with Crippen LogP contribution in [-0.4, -0.2) is 10.2 Å². The van der Waals surface area contributed by atoms with E-state index in [4.69, 9.17) is 10.2 Å². The third-order valence-electron chi connectivity index (χ3n) is 2.07. The molecular formula is C7H8O2. The summed E-state index contributed by atoms with van der Waals surface area (Å²) in [7, 11) is 0. The summed E-state index contributed by atoms with van der Waals surface area (Å²) in [5.74, 6) is 0.419. The molecule has 1 fully saturated rings. The lowest BCUT2D eigenvalue weighted by Crippen LogP contribution is -2.01. The van der Waals surface area contributed by atoms with Crippen molar-refractivity contribution in [3.05, 3.63) is 17.9 Å². The molecule has 2 radical (unpaired) electrons. The molecule has 0 amide bonds. The van der Waals surface area contributed by atoms with E-state index >= 15 is 0 Å². The van der Waals surface area contributed by atoms with Crippen LogP contribution in [0.2, 0.25) is 0 Å². The number of aliphatic hydroxyl groups is 2. The van der Waals surface area contributed by atoms with E-state index in [-0.39, 0.29) is 23.4 Å². The number of hydrogen-bond acceptors (Lipinski definition) is 2. The lowest BCUT2D eigenvalue weighted by molar-refractivity contribution is 0.269. The fourth-order valence-electron chi connectivity index (χ4n) is 1.53. The van der Waals surface area contributed by atoms with Crippen LogP contribution in [-0.2, 0) is 0 Å². The Hall–Kier alpha value is -0.660. The molecule has 2 bridgehead atoms. The number of hydrogen-bond donors (Lipinski definition) is 2. The van der Waals surface area contributed by atoms with Gasteiger partial charge in [-0.1, -0.05) is 0 Å². The second-order valence-corrected chi connectivity index (χ2v) is 2.62. The van der Waals surface area contributed by atoms with Crippen molar-refractivity contribution in [2.24, 2.45) is 11.8 Å². The van der Waals surface area contributed by atoms with Crippen LogP contribution in [0.4, 0.5) is 0 Å². The van der Waals surface area contributed by atoms with Crippen LogP contribution in [0.1, 0.15) is 12.8 Å². The van der Waals surface area contributed by atoms with Crippen molar-refractivity contribution in [3.8, 4) is 0 Å². The number of allylic oxidation sites excluding steroid dienone is 2. The monoisotopic (exact) mass is 124 g/mol.